The number of benzene rings is 1. The van der Waals surface area contributed by atoms with Crippen molar-refractivity contribution in [2.45, 2.75) is 44.7 Å². The van der Waals surface area contributed by atoms with Crippen molar-refractivity contribution < 1.29 is 26.4 Å². The molecule has 0 radical (unpaired) electrons. The zero-order chi connectivity index (χ0) is 24.6. The summed E-state index contributed by atoms with van der Waals surface area (Å²) >= 11 is 0. The number of carbonyl (C=O) groups excluding carboxylic acids is 1. The van der Waals surface area contributed by atoms with E-state index >= 15 is 0 Å². The third-order valence-corrected chi connectivity index (χ3v) is 6.75. The number of tetrazole rings is 1. The van der Waals surface area contributed by atoms with E-state index in [2.05, 4.69) is 25.9 Å². The summed E-state index contributed by atoms with van der Waals surface area (Å²) in [6.45, 7) is 6.93. The van der Waals surface area contributed by atoms with Crippen LogP contribution >= 0.6 is 0 Å². The summed E-state index contributed by atoms with van der Waals surface area (Å²) in [5.74, 6) is -0.00608. The van der Waals surface area contributed by atoms with Crippen molar-refractivity contribution in [3.05, 3.63) is 17.7 Å². The summed E-state index contributed by atoms with van der Waals surface area (Å²) in [6.07, 6.45) is -2.79. The van der Waals surface area contributed by atoms with Gasteiger partial charge in [0.25, 0.3) is 0 Å². The first-order valence-corrected chi connectivity index (χ1v) is 12.3. The number of rotatable bonds is 5. The Morgan fingerprint density at radius 2 is 1.85 bits per heavy atom. The second-order valence-electron chi connectivity index (χ2n) is 9.25. The molecule has 1 aromatic heterocycles. The third kappa shape index (κ3) is 5.63. The zero-order valence-electron chi connectivity index (χ0n) is 18.8. The lowest BCUT2D eigenvalue weighted by atomic mass is 9.93. The average molecular weight is 489 g/mol. The van der Waals surface area contributed by atoms with E-state index in [1.807, 2.05) is 25.7 Å². The first-order valence-electron chi connectivity index (χ1n) is 10.4. The van der Waals surface area contributed by atoms with Gasteiger partial charge >= 0.3 is 6.18 Å². The number of alkyl halides is 3. The molecule has 1 aliphatic heterocycles. The Labute approximate surface area is 190 Å². The van der Waals surface area contributed by atoms with E-state index in [0.717, 1.165) is 12.3 Å². The lowest BCUT2D eigenvalue weighted by Crippen LogP contribution is -2.42. The largest absolute Gasteiger partial charge is 0.417 e. The number of amides is 1. The number of hydrogen-bond acceptors (Lipinski definition) is 7. The van der Waals surface area contributed by atoms with Crippen molar-refractivity contribution in [3.63, 3.8) is 0 Å². The highest BCUT2D eigenvalue weighted by Crippen LogP contribution is 2.43. The summed E-state index contributed by atoms with van der Waals surface area (Å²) in [7, 11) is -4.29. The molecule has 3 rings (SSSR count). The van der Waals surface area contributed by atoms with Crippen LogP contribution in [-0.2, 0) is 20.8 Å². The minimum Gasteiger partial charge on any atom is -0.371 e. The van der Waals surface area contributed by atoms with Crippen LogP contribution in [0.4, 0.5) is 18.9 Å². The van der Waals surface area contributed by atoms with Crippen molar-refractivity contribution in [2.75, 3.05) is 30.8 Å². The molecule has 1 aromatic carbocycles. The van der Waals surface area contributed by atoms with Gasteiger partial charge in [-0.2, -0.15) is 13.2 Å². The maximum absolute atomic E-state index is 13.7. The molecule has 9 nitrogen and oxygen atoms in total. The van der Waals surface area contributed by atoms with Gasteiger partial charge in [0.1, 0.15) is 0 Å². The highest BCUT2D eigenvalue weighted by Gasteiger charge is 2.40. The number of piperidine rings is 1. The highest BCUT2D eigenvalue weighted by atomic mass is 32.2. The predicted molar refractivity (Wildman–Crippen MR) is 115 cm³/mol. The summed E-state index contributed by atoms with van der Waals surface area (Å²) in [5.41, 5.74) is -1.65. The Kier molecular flexibility index (Phi) is 6.74. The van der Waals surface area contributed by atoms with E-state index in [0.29, 0.717) is 38.2 Å². The lowest BCUT2D eigenvalue weighted by molar-refractivity contribution is -0.139. The van der Waals surface area contributed by atoms with Gasteiger partial charge in [0.05, 0.1) is 16.0 Å². The molecule has 1 fully saturated rings. The number of anilines is 1. The SMILES string of the molecule is CC(C)(C)C(=O)NCC1CCN(c2ccc(C(F)(F)F)c(S(C)(=O)=O)c2-c2nnn[nH]2)CC1. The molecule has 0 aliphatic carbocycles. The first-order chi connectivity index (χ1) is 15.2. The average Bonchev–Trinajstić information content (AvgIpc) is 3.24. The maximum atomic E-state index is 13.7. The number of carbonyl (C=O) groups is 1. The van der Waals surface area contributed by atoms with Crippen LogP contribution in [0.15, 0.2) is 17.0 Å². The molecule has 2 heterocycles. The Morgan fingerprint density at radius 1 is 1.21 bits per heavy atom. The van der Waals surface area contributed by atoms with Crippen LogP contribution in [0.25, 0.3) is 11.4 Å². The number of nitrogens with one attached hydrogen (secondary N) is 2. The molecule has 0 saturated carbocycles. The molecule has 2 N–H and O–H groups in total. The number of aromatic nitrogens is 4. The van der Waals surface area contributed by atoms with E-state index in [4.69, 9.17) is 0 Å². The minimum atomic E-state index is -4.88. The third-order valence-electron chi connectivity index (χ3n) is 5.58. The van der Waals surface area contributed by atoms with Crippen LogP contribution < -0.4 is 10.2 Å². The van der Waals surface area contributed by atoms with Gasteiger partial charge in [-0.05, 0) is 41.3 Å². The van der Waals surface area contributed by atoms with Crippen LogP contribution in [0.1, 0.15) is 39.2 Å². The topological polar surface area (TPSA) is 121 Å². The smallest absolute Gasteiger partial charge is 0.371 e. The molecule has 33 heavy (non-hydrogen) atoms. The van der Waals surface area contributed by atoms with Crippen LogP contribution in [0.5, 0.6) is 0 Å². The molecule has 0 spiro atoms. The Balaban J connectivity index is 1.93. The maximum Gasteiger partial charge on any atom is 0.417 e. The molecule has 1 saturated heterocycles. The molecule has 0 unspecified atom stereocenters. The van der Waals surface area contributed by atoms with Crippen molar-refractivity contribution in [2.24, 2.45) is 11.3 Å². The van der Waals surface area contributed by atoms with Gasteiger partial charge in [-0.3, -0.25) is 4.79 Å². The molecule has 13 heteroatoms. The Hall–Kier alpha value is -2.70. The number of nitrogens with zero attached hydrogens (tertiary/aromatic N) is 4. The standard InChI is InChI=1S/C20H27F3N6O3S/c1-19(2,3)18(30)24-11-12-7-9-29(10-8-12)14-6-5-13(20(21,22)23)16(33(4,31)32)15(14)17-25-27-28-26-17/h5-6,12H,7-11H2,1-4H3,(H,24,30)(H,25,26,27,28). The quantitative estimate of drug-likeness (QED) is 0.664. The van der Waals surface area contributed by atoms with Crippen LogP contribution in [-0.4, -0.2) is 60.8 Å². The molecule has 0 bridgehead atoms. The minimum absolute atomic E-state index is 0.0504. The van der Waals surface area contributed by atoms with Gasteiger partial charge in [0.15, 0.2) is 15.7 Å². The Morgan fingerprint density at radius 3 is 2.33 bits per heavy atom. The molecule has 1 amide bonds. The monoisotopic (exact) mass is 488 g/mol. The molecule has 182 valence electrons. The highest BCUT2D eigenvalue weighted by molar-refractivity contribution is 7.91. The van der Waals surface area contributed by atoms with Crippen LogP contribution in [0, 0.1) is 11.3 Å². The van der Waals surface area contributed by atoms with Crippen molar-refractivity contribution >= 4 is 21.4 Å². The fourth-order valence-corrected chi connectivity index (χ4v) is 4.97. The predicted octanol–water partition coefficient (Wildman–Crippen LogP) is 2.67. The fourth-order valence-electron chi connectivity index (χ4n) is 3.82. The lowest BCUT2D eigenvalue weighted by Gasteiger charge is -2.35. The van der Waals surface area contributed by atoms with Gasteiger partial charge in [-0.15, -0.1) is 5.10 Å². The van der Waals surface area contributed by atoms with Crippen molar-refractivity contribution in [1.82, 2.24) is 25.9 Å². The molecule has 1 aliphatic rings. The summed E-state index contributed by atoms with van der Waals surface area (Å²) in [5, 5.41) is 15.9. The number of halogens is 3. The van der Waals surface area contributed by atoms with E-state index in [9.17, 15) is 26.4 Å². The molecular weight excluding hydrogens is 461 g/mol. The van der Waals surface area contributed by atoms with Gasteiger partial charge in [-0.25, -0.2) is 13.5 Å². The number of hydrogen-bond donors (Lipinski definition) is 2. The number of H-pyrrole nitrogens is 1. The summed E-state index contributed by atoms with van der Waals surface area (Å²) in [6, 6.07) is 2.05. The van der Waals surface area contributed by atoms with Gasteiger partial charge in [-0.1, -0.05) is 20.8 Å². The van der Waals surface area contributed by atoms with E-state index < -0.39 is 31.9 Å². The normalized spacial score (nSPS) is 16.2. The fraction of sp³-hybridized carbons (Fsp3) is 0.600. The molecule has 2 aromatic rings. The number of aromatic amines is 1. The second kappa shape index (κ2) is 8.92. The zero-order valence-corrected chi connectivity index (χ0v) is 19.6. The second-order valence-corrected chi connectivity index (χ2v) is 11.2. The van der Waals surface area contributed by atoms with E-state index in [1.165, 1.54) is 6.07 Å². The summed E-state index contributed by atoms with van der Waals surface area (Å²) in [4.78, 5) is 13.1. The van der Waals surface area contributed by atoms with E-state index in [1.54, 1.807) is 0 Å². The van der Waals surface area contributed by atoms with Crippen molar-refractivity contribution in [1.29, 1.82) is 0 Å². The summed E-state index contributed by atoms with van der Waals surface area (Å²) < 4.78 is 66.0. The van der Waals surface area contributed by atoms with Gasteiger partial charge in [0, 0.05) is 37.0 Å². The van der Waals surface area contributed by atoms with Gasteiger partial charge < -0.3 is 10.2 Å². The number of sulfone groups is 1. The van der Waals surface area contributed by atoms with Crippen LogP contribution in [0.3, 0.4) is 0 Å². The Bertz CT molecular complexity index is 1100. The van der Waals surface area contributed by atoms with E-state index in [-0.39, 0.29) is 23.2 Å². The molecular formula is C20H27F3N6O3S. The van der Waals surface area contributed by atoms with Crippen molar-refractivity contribution in [3.8, 4) is 11.4 Å². The van der Waals surface area contributed by atoms with Gasteiger partial charge in [0.2, 0.25) is 5.91 Å². The first kappa shape index (κ1) is 24.9. The van der Waals surface area contributed by atoms with Crippen LogP contribution in [0.2, 0.25) is 0 Å². The molecule has 0 atom stereocenters.